The first-order valence-electron chi connectivity index (χ1n) is 11.8. The number of halogens is 1. The lowest BCUT2D eigenvalue weighted by atomic mass is 9.83. The first-order chi connectivity index (χ1) is 15.7. The summed E-state index contributed by atoms with van der Waals surface area (Å²) in [5.41, 5.74) is 1.39. The Kier molecular flexibility index (Phi) is 10.1. The number of carbonyl (C=O) groups is 1. The van der Waals surface area contributed by atoms with E-state index in [1.54, 1.807) is 6.26 Å². The second-order valence-electron chi connectivity index (χ2n) is 8.69. The third kappa shape index (κ3) is 7.20. The maximum Gasteiger partial charge on any atom is 0.242 e. The molecule has 1 aromatic heterocycles. The van der Waals surface area contributed by atoms with Gasteiger partial charge in [-0.1, -0.05) is 30.3 Å². The molecule has 33 heavy (non-hydrogen) atoms. The molecule has 2 fully saturated rings. The molecule has 4 rings (SSSR count). The Balaban J connectivity index is 0.00000306. The molecule has 1 aromatic carbocycles. The topological polar surface area (TPSA) is 73.1 Å². The number of likely N-dealkylation sites (tertiary alicyclic amines) is 2. The Morgan fingerprint density at radius 3 is 2.73 bits per heavy atom. The zero-order valence-corrected chi connectivity index (χ0v) is 21.7. The van der Waals surface area contributed by atoms with E-state index < -0.39 is 0 Å². The first-order valence-corrected chi connectivity index (χ1v) is 11.8. The predicted molar refractivity (Wildman–Crippen MR) is 142 cm³/mol. The zero-order chi connectivity index (χ0) is 22.2. The number of nitrogens with zero attached hydrogens (tertiary/aromatic N) is 3. The number of benzene rings is 1. The van der Waals surface area contributed by atoms with Crippen LogP contribution in [-0.4, -0.2) is 60.4 Å². The maximum absolute atomic E-state index is 12.3. The number of furan rings is 1. The highest BCUT2D eigenvalue weighted by Gasteiger charge is 2.36. The Labute approximate surface area is 214 Å². The summed E-state index contributed by atoms with van der Waals surface area (Å²) in [6, 6.07) is 15.1. The smallest absolute Gasteiger partial charge is 0.242 e. The average Bonchev–Trinajstić information content (AvgIpc) is 3.35. The monoisotopic (exact) mass is 565 g/mol. The maximum atomic E-state index is 12.3. The summed E-state index contributed by atoms with van der Waals surface area (Å²) in [6.45, 7) is 7.55. The summed E-state index contributed by atoms with van der Waals surface area (Å²) in [7, 11) is 0. The van der Waals surface area contributed by atoms with Crippen molar-refractivity contribution < 1.29 is 9.21 Å². The van der Waals surface area contributed by atoms with Gasteiger partial charge in [0.1, 0.15) is 12.3 Å². The minimum atomic E-state index is -0.0987. The SMILES string of the molecule is CCNC(=NCC(=O)NCc1ccco1)N1CCC2C(CCCN2Cc2ccccc2)C1.I. The minimum absolute atomic E-state index is 0. The van der Waals surface area contributed by atoms with Crippen LogP contribution in [0.5, 0.6) is 0 Å². The molecule has 2 aliphatic heterocycles. The Hall–Kier alpha value is -2.07. The van der Waals surface area contributed by atoms with Gasteiger partial charge in [0.05, 0.1) is 12.8 Å². The van der Waals surface area contributed by atoms with Crippen molar-refractivity contribution in [1.82, 2.24) is 20.4 Å². The van der Waals surface area contributed by atoms with E-state index in [4.69, 9.17) is 4.42 Å². The lowest BCUT2D eigenvalue weighted by Gasteiger charge is -2.48. The van der Waals surface area contributed by atoms with Gasteiger partial charge in [0, 0.05) is 32.2 Å². The molecule has 2 aromatic rings. The van der Waals surface area contributed by atoms with Crippen LogP contribution in [0.2, 0.25) is 0 Å². The van der Waals surface area contributed by atoms with Gasteiger partial charge in [-0.3, -0.25) is 9.69 Å². The van der Waals surface area contributed by atoms with E-state index in [2.05, 4.69) is 62.7 Å². The van der Waals surface area contributed by atoms with Crippen LogP contribution in [0, 0.1) is 5.92 Å². The molecule has 2 unspecified atom stereocenters. The van der Waals surface area contributed by atoms with E-state index in [0.29, 0.717) is 18.5 Å². The normalized spacial score (nSPS) is 21.1. The van der Waals surface area contributed by atoms with Crippen molar-refractivity contribution in [2.24, 2.45) is 10.9 Å². The molecule has 0 saturated carbocycles. The van der Waals surface area contributed by atoms with Crippen molar-refractivity contribution in [2.45, 2.75) is 45.3 Å². The Morgan fingerprint density at radius 2 is 1.97 bits per heavy atom. The molecule has 2 aliphatic rings. The molecule has 1 amide bonds. The number of piperidine rings is 2. The van der Waals surface area contributed by atoms with Gasteiger partial charge in [-0.05, 0) is 56.3 Å². The van der Waals surface area contributed by atoms with Gasteiger partial charge in [-0.2, -0.15) is 0 Å². The number of rotatable bonds is 7. The summed E-state index contributed by atoms with van der Waals surface area (Å²) in [6.07, 6.45) is 5.24. The van der Waals surface area contributed by atoms with Gasteiger partial charge in [0.2, 0.25) is 5.91 Å². The fourth-order valence-electron chi connectivity index (χ4n) is 4.94. The molecule has 0 bridgehead atoms. The molecule has 2 saturated heterocycles. The second kappa shape index (κ2) is 13.0. The third-order valence-electron chi connectivity index (χ3n) is 6.46. The molecule has 2 atom stereocenters. The highest BCUT2D eigenvalue weighted by molar-refractivity contribution is 14.0. The lowest BCUT2D eigenvalue weighted by molar-refractivity contribution is -0.119. The molecule has 180 valence electrons. The second-order valence-corrected chi connectivity index (χ2v) is 8.69. The van der Waals surface area contributed by atoms with Gasteiger partial charge in [0.15, 0.2) is 5.96 Å². The summed E-state index contributed by atoms with van der Waals surface area (Å²) in [5, 5.41) is 6.25. The van der Waals surface area contributed by atoms with E-state index >= 15 is 0 Å². The standard InChI is InChI=1S/C25H35N5O2.HI/c1-2-26-25(28-17-24(31)27-16-22-11-7-15-32-22)30-14-12-23-21(19-30)10-6-13-29(23)18-20-8-4-3-5-9-20;/h3-5,7-9,11,15,21,23H,2,6,10,12-14,16-19H2,1H3,(H,26,28)(H,27,31);1H. The van der Waals surface area contributed by atoms with Gasteiger partial charge in [0.25, 0.3) is 0 Å². The molecule has 0 spiro atoms. The fourth-order valence-corrected chi connectivity index (χ4v) is 4.94. The molecular weight excluding hydrogens is 529 g/mol. The highest BCUT2D eigenvalue weighted by atomic mass is 127. The number of hydrogen-bond donors (Lipinski definition) is 2. The average molecular weight is 566 g/mol. The zero-order valence-electron chi connectivity index (χ0n) is 19.4. The summed E-state index contributed by atoms with van der Waals surface area (Å²) >= 11 is 0. The predicted octanol–water partition coefficient (Wildman–Crippen LogP) is 3.47. The summed E-state index contributed by atoms with van der Waals surface area (Å²) in [5.74, 6) is 2.13. The van der Waals surface area contributed by atoms with Gasteiger partial charge in [-0.25, -0.2) is 4.99 Å². The van der Waals surface area contributed by atoms with Crippen LogP contribution in [0.15, 0.2) is 58.1 Å². The molecule has 2 N–H and O–H groups in total. The van der Waals surface area contributed by atoms with Crippen LogP contribution >= 0.6 is 24.0 Å². The van der Waals surface area contributed by atoms with E-state index in [0.717, 1.165) is 44.3 Å². The molecule has 0 radical (unpaired) electrons. The molecule has 3 heterocycles. The molecular formula is C25H36IN5O2. The molecule has 0 aliphatic carbocycles. The van der Waals surface area contributed by atoms with Crippen molar-refractivity contribution in [3.8, 4) is 0 Å². The van der Waals surface area contributed by atoms with Crippen molar-refractivity contribution in [3.63, 3.8) is 0 Å². The number of hydrogen-bond acceptors (Lipinski definition) is 4. The summed E-state index contributed by atoms with van der Waals surface area (Å²) in [4.78, 5) is 21.9. The molecule has 8 heteroatoms. The number of guanidine groups is 1. The minimum Gasteiger partial charge on any atom is -0.467 e. The van der Waals surface area contributed by atoms with Gasteiger partial charge < -0.3 is 20.0 Å². The van der Waals surface area contributed by atoms with Crippen LogP contribution in [0.3, 0.4) is 0 Å². The number of carbonyl (C=O) groups excluding carboxylic acids is 1. The van der Waals surface area contributed by atoms with E-state index in [1.807, 2.05) is 12.1 Å². The molecule has 7 nitrogen and oxygen atoms in total. The van der Waals surface area contributed by atoms with Crippen LogP contribution < -0.4 is 10.6 Å². The Bertz CT molecular complexity index is 874. The Morgan fingerprint density at radius 1 is 1.12 bits per heavy atom. The lowest BCUT2D eigenvalue weighted by Crippen LogP contribution is -2.56. The summed E-state index contributed by atoms with van der Waals surface area (Å²) < 4.78 is 5.26. The van der Waals surface area contributed by atoms with Crippen molar-refractivity contribution in [1.29, 1.82) is 0 Å². The number of amides is 1. The van der Waals surface area contributed by atoms with E-state index in [1.165, 1.54) is 24.9 Å². The van der Waals surface area contributed by atoms with Gasteiger partial charge >= 0.3 is 0 Å². The van der Waals surface area contributed by atoms with Crippen molar-refractivity contribution >= 4 is 35.8 Å². The first kappa shape index (κ1) is 25.6. The van der Waals surface area contributed by atoms with Crippen LogP contribution in [0.25, 0.3) is 0 Å². The van der Waals surface area contributed by atoms with E-state index in [-0.39, 0.29) is 36.4 Å². The van der Waals surface area contributed by atoms with Crippen molar-refractivity contribution in [3.05, 3.63) is 60.1 Å². The largest absolute Gasteiger partial charge is 0.467 e. The number of fused-ring (bicyclic) bond motifs is 1. The quantitative estimate of drug-likeness (QED) is 0.306. The van der Waals surface area contributed by atoms with Crippen molar-refractivity contribution in [2.75, 3.05) is 32.7 Å². The number of nitrogens with one attached hydrogen (secondary N) is 2. The van der Waals surface area contributed by atoms with Crippen LogP contribution in [0.1, 0.15) is 37.5 Å². The third-order valence-corrected chi connectivity index (χ3v) is 6.46. The van der Waals surface area contributed by atoms with Crippen LogP contribution in [-0.2, 0) is 17.9 Å². The highest BCUT2D eigenvalue weighted by Crippen LogP contribution is 2.31. The van der Waals surface area contributed by atoms with E-state index in [9.17, 15) is 4.79 Å². The number of aliphatic imine (C=N–C) groups is 1. The van der Waals surface area contributed by atoms with Crippen LogP contribution in [0.4, 0.5) is 0 Å². The fraction of sp³-hybridized carbons (Fsp3) is 0.520. The van der Waals surface area contributed by atoms with Gasteiger partial charge in [-0.15, -0.1) is 24.0 Å².